The Hall–Kier alpha value is -1.26. The highest BCUT2D eigenvalue weighted by Crippen LogP contribution is 2.28. The fourth-order valence-corrected chi connectivity index (χ4v) is 4.06. The summed E-state index contributed by atoms with van der Waals surface area (Å²) in [6, 6.07) is 6.60. The van der Waals surface area contributed by atoms with Gasteiger partial charge in [0, 0.05) is 17.6 Å². The van der Waals surface area contributed by atoms with E-state index in [1.54, 1.807) is 17.0 Å². The number of nitrogens with zero attached hydrogens (tertiary/aromatic N) is 1. The molecule has 0 spiro atoms. The SMILES string of the molecule is CC(C)CCN(C(=O)CCl)[C@H](C(=O)N[C@H]1CCCC[C@H]1C)c1ccc(Cl)cc1. The second-order valence-electron chi connectivity index (χ2n) is 8.23. The molecule has 0 saturated heterocycles. The molecule has 0 bridgehead atoms. The topological polar surface area (TPSA) is 49.4 Å². The van der Waals surface area contributed by atoms with Gasteiger partial charge in [-0.2, -0.15) is 0 Å². The van der Waals surface area contributed by atoms with E-state index < -0.39 is 6.04 Å². The summed E-state index contributed by atoms with van der Waals surface area (Å²) in [6.45, 7) is 6.88. The lowest BCUT2D eigenvalue weighted by atomic mass is 9.85. The lowest BCUT2D eigenvalue weighted by Gasteiger charge is -2.35. The first-order valence-electron chi connectivity index (χ1n) is 10.2. The number of carbonyl (C=O) groups excluding carboxylic acids is 2. The van der Waals surface area contributed by atoms with Crippen LogP contribution < -0.4 is 5.32 Å². The summed E-state index contributed by atoms with van der Waals surface area (Å²) in [6.07, 6.45) is 5.24. The van der Waals surface area contributed by atoms with Crippen LogP contribution in [-0.2, 0) is 9.59 Å². The van der Waals surface area contributed by atoms with Gasteiger partial charge in [-0.15, -0.1) is 11.6 Å². The van der Waals surface area contributed by atoms with Crippen LogP contribution in [0.2, 0.25) is 5.02 Å². The molecule has 1 aromatic rings. The minimum absolute atomic E-state index is 0.136. The first-order chi connectivity index (χ1) is 13.3. The van der Waals surface area contributed by atoms with Crippen molar-refractivity contribution in [1.82, 2.24) is 10.2 Å². The number of hydrogen-bond donors (Lipinski definition) is 1. The Morgan fingerprint density at radius 1 is 1.18 bits per heavy atom. The van der Waals surface area contributed by atoms with Crippen molar-refractivity contribution < 1.29 is 9.59 Å². The molecule has 2 amide bonds. The number of carbonyl (C=O) groups is 2. The van der Waals surface area contributed by atoms with Gasteiger partial charge in [-0.3, -0.25) is 9.59 Å². The third kappa shape index (κ3) is 6.38. The molecule has 156 valence electrons. The molecular weight excluding hydrogens is 395 g/mol. The maximum absolute atomic E-state index is 13.4. The molecule has 28 heavy (non-hydrogen) atoms. The monoisotopic (exact) mass is 426 g/mol. The van der Waals surface area contributed by atoms with Crippen molar-refractivity contribution in [3.63, 3.8) is 0 Å². The Labute approximate surface area is 179 Å². The molecule has 0 aromatic heterocycles. The van der Waals surface area contributed by atoms with Gasteiger partial charge in [-0.25, -0.2) is 0 Å². The van der Waals surface area contributed by atoms with Crippen LogP contribution in [0.25, 0.3) is 0 Å². The maximum atomic E-state index is 13.4. The number of benzene rings is 1. The summed E-state index contributed by atoms with van der Waals surface area (Å²) in [5.41, 5.74) is 0.757. The van der Waals surface area contributed by atoms with Crippen molar-refractivity contribution >= 4 is 35.0 Å². The van der Waals surface area contributed by atoms with Crippen LogP contribution in [0.5, 0.6) is 0 Å². The Bertz CT molecular complexity index is 648. The number of amides is 2. The van der Waals surface area contributed by atoms with E-state index in [-0.39, 0.29) is 23.7 Å². The second kappa shape index (κ2) is 11.1. The molecule has 6 heteroatoms. The van der Waals surface area contributed by atoms with Crippen LogP contribution in [0.15, 0.2) is 24.3 Å². The molecule has 1 aliphatic rings. The standard InChI is InChI=1S/C22H32Cl2N2O2/c1-15(2)12-13-26(20(27)14-23)21(17-8-10-18(24)11-9-17)22(28)25-19-7-5-4-6-16(19)3/h8-11,15-16,19,21H,4-7,12-14H2,1-3H3,(H,25,28)/t16-,19+,21+/m1/s1. The summed E-state index contributed by atoms with van der Waals surface area (Å²) >= 11 is 11.9. The molecule has 1 fully saturated rings. The van der Waals surface area contributed by atoms with E-state index in [9.17, 15) is 9.59 Å². The number of halogens is 2. The number of alkyl halides is 1. The summed E-state index contributed by atoms with van der Waals surface area (Å²) in [5.74, 6) is 0.349. The van der Waals surface area contributed by atoms with Crippen molar-refractivity contribution in [1.29, 1.82) is 0 Å². The lowest BCUT2D eigenvalue weighted by molar-refractivity contribution is -0.139. The fourth-order valence-electron chi connectivity index (χ4n) is 3.78. The van der Waals surface area contributed by atoms with Gasteiger partial charge in [0.1, 0.15) is 11.9 Å². The molecule has 0 heterocycles. The van der Waals surface area contributed by atoms with Gasteiger partial charge in [0.25, 0.3) is 0 Å². The van der Waals surface area contributed by atoms with Gasteiger partial charge in [0.05, 0.1) is 0 Å². The number of hydrogen-bond acceptors (Lipinski definition) is 2. The number of nitrogens with one attached hydrogen (secondary N) is 1. The molecule has 1 saturated carbocycles. The zero-order valence-electron chi connectivity index (χ0n) is 17.1. The van der Waals surface area contributed by atoms with Gasteiger partial charge in [0.2, 0.25) is 11.8 Å². The van der Waals surface area contributed by atoms with E-state index in [1.165, 1.54) is 6.42 Å². The van der Waals surface area contributed by atoms with Crippen molar-refractivity contribution in [3.8, 4) is 0 Å². The molecule has 1 aromatic carbocycles. The normalized spacial score (nSPS) is 20.6. The van der Waals surface area contributed by atoms with Crippen molar-refractivity contribution in [2.75, 3.05) is 12.4 Å². The van der Waals surface area contributed by atoms with E-state index in [1.807, 2.05) is 12.1 Å². The van der Waals surface area contributed by atoms with Crippen LogP contribution in [0.4, 0.5) is 0 Å². The second-order valence-corrected chi connectivity index (χ2v) is 8.94. The van der Waals surface area contributed by atoms with Crippen LogP contribution in [-0.4, -0.2) is 35.2 Å². The summed E-state index contributed by atoms with van der Waals surface area (Å²) in [7, 11) is 0. The Balaban J connectivity index is 2.31. The van der Waals surface area contributed by atoms with E-state index in [4.69, 9.17) is 23.2 Å². The van der Waals surface area contributed by atoms with Gasteiger partial charge in [0.15, 0.2) is 0 Å². The predicted octanol–water partition coefficient (Wildman–Crippen LogP) is 5.19. The van der Waals surface area contributed by atoms with E-state index >= 15 is 0 Å². The molecule has 3 atom stereocenters. The molecule has 4 nitrogen and oxygen atoms in total. The molecular formula is C22H32Cl2N2O2. The zero-order valence-corrected chi connectivity index (χ0v) is 18.6. The Morgan fingerprint density at radius 3 is 2.39 bits per heavy atom. The lowest BCUT2D eigenvalue weighted by Crippen LogP contribution is -2.49. The minimum Gasteiger partial charge on any atom is -0.351 e. The maximum Gasteiger partial charge on any atom is 0.247 e. The van der Waals surface area contributed by atoms with Crippen molar-refractivity contribution in [2.24, 2.45) is 11.8 Å². The highest BCUT2D eigenvalue weighted by molar-refractivity contribution is 6.30. The van der Waals surface area contributed by atoms with Crippen LogP contribution in [0, 0.1) is 11.8 Å². The molecule has 0 unspecified atom stereocenters. The molecule has 1 aliphatic carbocycles. The highest BCUT2D eigenvalue weighted by Gasteiger charge is 2.33. The smallest absolute Gasteiger partial charge is 0.247 e. The van der Waals surface area contributed by atoms with Crippen LogP contribution >= 0.6 is 23.2 Å². The van der Waals surface area contributed by atoms with E-state index in [0.717, 1.165) is 31.2 Å². The van der Waals surface area contributed by atoms with E-state index in [0.29, 0.717) is 23.4 Å². The summed E-state index contributed by atoms with van der Waals surface area (Å²) in [5, 5.41) is 3.82. The Kier molecular flexibility index (Phi) is 9.10. The largest absolute Gasteiger partial charge is 0.351 e. The third-order valence-corrected chi connectivity index (χ3v) is 6.05. The highest BCUT2D eigenvalue weighted by atomic mass is 35.5. The summed E-state index contributed by atoms with van der Waals surface area (Å²) in [4.78, 5) is 27.6. The van der Waals surface area contributed by atoms with Gasteiger partial charge in [-0.05, 0) is 48.8 Å². The first kappa shape index (κ1) is 23.0. The van der Waals surface area contributed by atoms with Gasteiger partial charge < -0.3 is 10.2 Å². The molecule has 1 N–H and O–H groups in total. The van der Waals surface area contributed by atoms with Gasteiger partial charge >= 0.3 is 0 Å². The van der Waals surface area contributed by atoms with Crippen LogP contribution in [0.3, 0.4) is 0 Å². The van der Waals surface area contributed by atoms with E-state index in [2.05, 4.69) is 26.1 Å². The number of rotatable bonds is 8. The molecule has 0 radical (unpaired) electrons. The first-order valence-corrected chi connectivity index (χ1v) is 11.2. The predicted molar refractivity (Wildman–Crippen MR) is 116 cm³/mol. The average Bonchev–Trinajstić information content (AvgIpc) is 2.67. The fraction of sp³-hybridized carbons (Fsp3) is 0.636. The average molecular weight is 427 g/mol. The Morgan fingerprint density at radius 2 is 1.82 bits per heavy atom. The van der Waals surface area contributed by atoms with Crippen LogP contribution in [0.1, 0.15) is 64.5 Å². The van der Waals surface area contributed by atoms with Crippen molar-refractivity contribution in [3.05, 3.63) is 34.9 Å². The van der Waals surface area contributed by atoms with Gasteiger partial charge in [-0.1, -0.05) is 57.3 Å². The third-order valence-electron chi connectivity index (χ3n) is 5.57. The molecule has 2 rings (SSSR count). The van der Waals surface area contributed by atoms with Crippen molar-refractivity contribution in [2.45, 2.75) is 65.0 Å². The summed E-state index contributed by atoms with van der Waals surface area (Å²) < 4.78 is 0. The quantitative estimate of drug-likeness (QED) is 0.581. The minimum atomic E-state index is -0.698. The zero-order chi connectivity index (χ0) is 20.7. The molecule has 0 aliphatic heterocycles.